The molecule has 0 amide bonds. The van der Waals surface area contributed by atoms with E-state index in [9.17, 15) is 5.11 Å². The summed E-state index contributed by atoms with van der Waals surface area (Å²) in [5, 5.41) is 17.5. The van der Waals surface area contributed by atoms with Crippen molar-refractivity contribution in [1.82, 2.24) is 15.5 Å². The van der Waals surface area contributed by atoms with Gasteiger partial charge in [-0.1, -0.05) is 16.8 Å². The van der Waals surface area contributed by atoms with Crippen LogP contribution in [-0.4, -0.2) is 28.9 Å². The van der Waals surface area contributed by atoms with E-state index in [1.807, 2.05) is 0 Å². The Kier molecular flexibility index (Phi) is 4.81. The SMILES string of the molecule is COc1cc(Cl)cc(CNCCc2noc(C)n2)c1O. The Morgan fingerprint density at radius 2 is 2.25 bits per heavy atom. The highest BCUT2D eigenvalue weighted by atomic mass is 35.5. The maximum Gasteiger partial charge on any atom is 0.223 e. The van der Waals surface area contributed by atoms with E-state index >= 15 is 0 Å². The van der Waals surface area contributed by atoms with Crippen LogP contribution in [0.4, 0.5) is 0 Å². The van der Waals surface area contributed by atoms with Crippen molar-refractivity contribution in [1.29, 1.82) is 0 Å². The van der Waals surface area contributed by atoms with Gasteiger partial charge in [0.1, 0.15) is 0 Å². The number of nitrogens with one attached hydrogen (secondary N) is 1. The second-order valence-electron chi connectivity index (χ2n) is 4.27. The highest BCUT2D eigenvalue weighted by Gasteiger charge is 2.10. The molecule has 1 aromatic carbocycles. The minimum Gasteiger partial charge on any atom is -0.504 e. The van der Waals surface area contributed by atoms with Crippen LogP contribution in [0.25, 0.3) is 0 Å². The van der Waals surface area contributed by atoms with Crippen molar-refractivity contribution in [3.05, 3.63) is 34.4 Å². The number of aromatic nitrogens is 2. The smallest absolute Gasteiger partial charge is 0.223 e. The van der Waals surface area contributed by atoms with Crippen molar-refractivity contribution in [3.63, 3.8) is 0 Å². The Bertz CT molecular complexity index is 586. The van der Waals surface area contributed by atoms with Crippen molar-refractivity contribution in [2.24, 2.45) is 0 Å². The van der Waals surface area contributed by atoms with Crippen molar-refractivity contribution in [3.8, 4) is 11.5 Å². The largest absolute Gasteiger partial charge is 0.504 e. The van der Waals surface area contributed by atoms with Crippen LogP contribution in [-0.2, 0) is 13.0 Å². The fourth-order valence-electron chi connectivity index (χ4n) is 1.78. The second kappa shape index (κ2) is 6.58. The van der Waals surface area contributed by atoms with Crippen LogP contribution in [0.3, 0.4) is 0 Å². The molecule has 0 aliphatic heterocycles. The van der Waals surface area contributed by atoms with Gasteiger partial charge >= 0.3 is 0 Å². The first kappa shape index (κ1) is 14.6. The quantitative estimate of drug-likeness (QED) is 0.795. The van der Waals surface area contributed by atoms with Crippen LogP contribution >= 0.6 is 11.6 Å². The fraction of sp³-hybridized carbons (Fsp3) is 0.385. The minimum atomic E-state index is 0.0970. The van der Waals surface area contributed by atoms with Crippen molar-refractivity contribution < 1.29 is 14.4 Å². The van der Waals surface area contributed by atoms with Gasteiger partial charge < -0.3 is 19.7 Å². The molecule has 1 aromatic heterocycles. The lowest BCUT2D eigenvalue weighted by molar-refractivity contribution is 0.369. The van der Waals surface area contributed by atoms with Crippen molar-refractivity contribution in [2.45, 2.75) is 19.9 Å². The zero-order valence-corrected chi connectivity index (χ0v) is 12.1. The number of ether oxygens (including phenoxy) is 1. The summed E-state index contributed by atoms with van der Waals surface area (Å²) in [6.45, 7) is 2.88. The van der Waals surface area contributed by atoms with Crippen LogP contribution in [0.1, 0.15) is 17.3 Å². The molecular formula is C13H16ClN3O3. The predicted octanol–water partition coefficient (Wildman–Crippen LogP) is 2.08. The van der Waals surface area contributed by atoms with Gasteiger partial charge in [-0.2, -0.15) is 4.98 Å². The molecule has 0 radical (unpaired) electrons. The third-order valence-electron chi connectivity index (χ3n) is 2.75. The normalized spacial score (nSPS) is 10.8. The van der Waals surface area contributed by atoms with Crippen LogP contribution in [0.15, 0.2) is 16.7 Å². The van der Waals surface area contributed by atoms with E-state index in [1.54, 1.807) is 19.1 Å². The summed E-state index contributed by atoms with van der Waals surface area (Å²) in [5.74, 6) is 1.67. The van der Waals surface area contributed by atoms with Gasteiger partial charge in [0.2, 0.25) is 5.89 Å². The first-order valence-electron chi connectivity index (χ1n) is 6.15. The lowest BCUT2D eigenvalue weighted by Crippen LogP contribution is -2.17. The van der Waals surface area contributed by atoms with Crippen molar-refractivity contribution >= 4 is 11.6 Å². The van der Waals surface area contributed by atoms with Gasteiger partial charge in [0.15, 0.2) is 17.3 Å². The van der Waals surface area contributed by atoms with E-state index in [2.05, 4.69) is 15.5 Å². The number of hydrogen-bond donors (Lipinski definition) is 2. The molecule has 0 spiro atoms. The Morgan fingerprint density at radius 1 is 1.45 bits per heavy atom. The molecule has 0 fully saturated rings. The third kappa shape index (κ3) is 3.61. The van der Waals surface area contributed by atoms with E-state index in [4.69, 9.17) is 20.9 Å². The van der Waals surface area contributed by atoms with Gasteiger partial charge in [0.05, 0.1) is 7.11 Å². The summed E-state index contributed by atoms with van der Waals surface area (Å²) in [5.41, 5.74) is 0.679. The number of aromatic hydroxyl groups is 1. The Morgan fingerprint density at radius 3 is 2.90 bits per heavy atom. The summed E-state index contributed by atoms with van der Waals surface area (Å²) in [4.78, 5) is 4.11. The number of phenolic OH excluding ortho intramolecular Hbond substituents is 1. The molecule has 7 heteroatoms. The number of nitrogens with zero attached hydrogens (tertiary/aromatic N) is 2. The zero-order chi connectivity index (χ0) is 14.5. The van der Waals surface area contributed by atoms with Crippen LogP contribution < -0.4 is 10.1 Å². The third-order valence-corrected chi connectivity index (χ3v) is 2.97. The Labute approximate surface area is 121 Å². The number of methoxy groups -OCH3 is 1. The molecular weight excluding hydrogens is 282 g/mol. The number of benzene rings is 1. The second-order valence-corrected chi connectivity index (χ2v) is 4.71. The molecule has 1 heterocycles. The lowest BCUT2D eigenvalue weighted by atomic mass is 10.2. The van der Waals surface area contributed by atoms with Crippen molar-refractivity contribution in [2.75, 3.05) is 13.7 Å². The van der Waals surface area contributed by atoms with E-state index in [0.717, 1.165) is 0 Å². The number of phenols is 1. The number of hydrogen-bond acceptors (Lipinski definition) is 6. The molecule has 0 bridgehead atoms. The first-order chi connectivity index (χ1) is 9.60. The van der Waals surface area contributed by atoms with E-state index < -0.39 is 0 Å². The molecule has 6 nitrogen and oxygen atoms in total. The van der Waals surface area contributed by atoms with Gasteiger partial charge in [-0.15, -0.1) is 0 Å². The van der Waals surface area contributed by atoms with Gasteiger partial charge in [0, 0.05) is 43.1 Å². The Hall–Kier alpha value is -1.79. The molecule has 2 rings (SSSR count). The highest BCUT2D eigenvalue weighted by molar-refractivity contribution is 6.30. The number of rotatable bonds is 6. The molecule has 20 heavy (non-hydrogen) atoms. The Balaban J connectivity index is 1.89. The summed E-state index contributed by atoms with van der Waals surface area (Å²) in [6, 6.07) is 3.27. The topological polar surface area (TPSA) is 80.4 Å². The first-order valence-corrected chi connectivity index (χ1v) is 6.53. The standard InChI is InChI=1S/C13H16ClN3O3/c1-8-16-12(17-20-8)3-4-15-7-9-5-10(14)6-11(19-2)13(9)18/h5-6,15,18H,3-4,7H2,1-2H3. The maximum atomic E-state index is 9.97. The predicted molar refractivity (Wildman–Crippen MR) is 74.1 cm³/mol. The number of halogens is 1. The van der Waals surface area contributed by atoms with E-state index in [0.29, 0.717) is 47.6 Å². The van der Waals surface area contributed by atoms with Gasteiger partial charge in [-0.3, -0.25) is 0 Å². The molecule has 108 valence electrons. The lowest BCUT2D eigenvalue weighted by Gasteiger charge is -2.10. The van der Waals surface area contributed by atoms with Crippen LogP contribution in [0.5, 0.6) is 11.5 Å². The monoisotopic (exact) mass is 297 g/mol. The number of aryl methyl sites for hydroxylation is 1. The summed E-state index contributed by atoms with van der Waals surface area (Å²) in [7, 11) is 1.49. The maximum absolute atomic E-state index is 9.97. The molecule has 0 unspecified atom stereocenters. The molecule has 0 aliphatic carbocycles. The summed E-state index contributed by atoms with van der Waals surface area (Å²) < 4.78 is 9.93. The average Bonchev–Trinajstić information content (AvgIpc) is 2.83. The van der Waals surface area contributed by atoms with E-state index in [-0.39, 0.29) is 5.75 Å². The highest BCUT2D eigenvalue weighted by Crippen LogP contribution is 2.33. The minimum absolute atomic E-state index is 0.0970. The summed E-state index contributed by atoms with van der Waals surface area (Å²) in [6.07, 6.45) is 0.649. The van der Waals surface area contributed by atoms with Gasteiger partial charge in [-0.05, 0) is 6.07 Å². The van der Waals surface area contributed by atoms with E-state index in [1.165, 1.54) is 7.11 Å². The fourth-order valence-corrected chi connectivity index (χ4v) is 2.02. The molecule has 0 saturated carbocycles. The molecule has 0 aliphatic rings. The van der Waals surface area contributed by atoms with Crippen LogP contribution in [0.2, 0.25) is 5.02 Å². The molecule has 0 saturated heterocycles. The average molecular weight is 298 g/mol. The summed E-state index contributed by atoms with van der Waals surface area (Å²) >= 11 is 5.96. The molecule has 2 aromatic rings. The van der Waals surface area contributed by atoms with Gasteiger partial charge in [0.25, 0.3) is 0 Å². The molecule has 2 N–H and O–H groups in total. The van der Waals surface area contributed by atoms with Gasteiger partial charge in [-0.25, -0.2) is 0 Å². The van der Waals surface area contributed by atoms with Crippen LogP contribution in [0, 0.1) is 6.92 Å². The molecule has 0 atom stereocenters. The zero-order valence-electron chi connectivity index (χ0n) is 11.3.